The minimum absolute atomic E-state index is 0.178. The molecule has 5 heteroatoms. The predicted molar refractivity (Wildman–Crippen MR) is 141 cm³/mol. The molecular weight excluding hydrogens is 453 g/mol. The number of ether oxygens (including phenoxy) is 1. The largest absolute Gasteiger partial charge is 0.508 e. The highest BCUT2D eigenvalue weighted by atomic mass is 19.1. The summed E-state index contributed by atoms with van der Waals surface area (Å²) >= 11 is 0. The van der Waals surface area contributed by atoms with Crippen LogP contribution in [0.25, 0.3) is 5.57 Å². The Kier molecular flexibility index (Phi) is 8.05. The summed E-state index contributed by atoms with van der Waals surface area (Å²) in [4.78, 5) is 14.3. The molecule has 0 unspecified atom stereocenters. The maximum absolute atomic E-state index is 12.4. The van der Waals surface area contributed by atoms with Gasteiger partial charge in [-0.05, 0) is 110 Å². The van der Waals surface area contributed by atoms with Crippen LogP contribution < -0.4 is 4.74 Å². The van der Waals surface area contributed by atoms with E-state index in [0.717, 1.165) is 70.3 Å². The summed E-state index contributed by atoms with van der Waals surface area (Å²) in [7, 11) is 0. The summed E-state index contributed by atoms with van der Waals surface area (Å²) in [5.41, 5.74) is 6.35. The van der Waals surface area contributed by atoms with E-state index in [9.17, 15) is 14.3 Å². The van der Waals surface area contributed by atoms with Crippen LogP contribution in [0, 0.1) is 5.92 Å². The molecule has 1 saturated carbocycles. The van der Waals surface area contributed by atoms with Crippen molar-refractivity contribution in [2.24, 2.45) is 5.92 Å². The number of rotatable bonds is 8. The molecule has 2 aromatic carbocycles. The number of benzene rings is 2. The van der Waals surface area contributed by atoms with E-state index in [-0.39, 0.29) is 12.8 Å². The molecule has 1 aliphatic heterocycles. The fraction of sp³-hybridized carbons (Fsp3) is 0.516. The molecule has 1 heterocycles. The molecule has 1 saturated heterocycles. The van der Waals surface area contributed by atoms with E-state index in [1.54, 1.807) is 6.07 Å². The number of Topliss-reactive ketones (excluding diaryl/α,β-unsaturated/α-hetero) is 1. The minimum atomic E-state index is -0.233. The number of likely N-dealkylation sites (tertiary alicyclic amines) is 1. The van der Waals surface area contributed by atoms with Crippen LogP contribution in [-0.4, -0.2) is 48.2 Å². The lowest BCUT2D eigenvalue weighted by molar-refractivity contribution is -0.120. The van der Waals surface area contributed by atoms with Gasteiger partial charge in [0.2, 0.25) is 0 Å². The standard InChI is InChI=1S/C31H38FNO3/c32-17-1-2-18-33-19-16-28(21-33)36-27-13-8-23(9-14-27)31-29(22-6-10-25(34)11-7-22)5-3-4-24-20-26(35)12-15-30(24)31/h8-9,12-15,20,22,28,35H,1-7,10-11,16-19,21H2/t28-/m0/s1. The Morgan fingerprint density at radius 3 is 2.56 bits per heavy atom. The number of nitrogens with zero attached hydrogens (tertiary/aromatic N) is 1. The lowest BCUT2D eigenvalue weighted by Crippen LogP contribution is -2.25. The average Bonchev–Trinajstić information content (AvgIpc) is 3.24. The van der Waals surface area contributed by atoms with Crippen molar-refractivity contribution in [3.63, 3.8) is 0 Å². The van der Waals surface area contributed by atoms with Gasteiger partial charge in [0.25, 0.3) is 0 Å². The van der Waals surface area contributed by atoms with E-state index in [4.69, 9.17) is 4.74 Å². The average molecular weight is 492 g/mol. The van der Waals surface area contributed by atoms with Gasteiger partial charge in [-0.15, -0.1) is 0 Å². The Morgan fingerprint density at radius 1 is 0.972 bits per heavy atom. The van der Waals surface area contributed by atoms with Crippen LogP contribution in [0.1, 0.15) is 74.5 Å². The number of unbranched alkanes of at least 4 members (excludes halogenated alkanes) is 1. The third-order valence-electron chi connectivity index (χ3n) is 8.14. The fourth-order valence-electron chi connectivity index (χ4n) is 6.25. The highest BCUT2D eigenvalue weighted by Crippen LogP contribution is 2.43. The number of phenols is 1. The molecule has 2 aliphatic carbocycles. The number of alkyl halides is 1. The van der Waals surface area contributed by atoms with Gasteiger partial charge in [-0.2, -0.15) is 0 Å². The Morgan fingerprint density at radius 2 is 1.78 bits per heavy atom. The van der Waals surface area contributed by atoms with Crippen LogP contribution in [-0.2, 0) is 11.2 Å². The molecule has 1 N–H and O–H groups in total. The quantitative estimate of drug-likeness (QED) is 0.429. The van der Waals surface area contributed by atoms with E-state index in [1.165, 1.54) is 27.8 Å². The third kappa shape index (κ3) is 5.83. The van der Waals surface area contributed by atoms with Crippen molar-refractivity contribution in [3.8, 4) is 11.5 Å². The van der Waals surface area contributed by atoms with Gasteiger partial charge in [-0.1, -0.05) is 23.8 Å². The molecule has 192 valence electrons. The van der Waals surface area contributed by atoms with Gasteiger partial charge in [0, 0.05) is 25.9 Å². The van der Waals surface area contributed by atoms with Crippen molar-refractivity contribution < 1.29 is 19.0 Å². The molecule has 0 radical (unpaired) electrons. The van der Waals surface area contributed by atoms with Gasteiger partial charge in [0.1, 0.15) is 23.4 Å². The van der Waals surface area contributed by atoms with E-state index in [2.05, 4.69) is 35.2 Å². The third-order valence-corrected chi connectivity index (χ3v) is 8.14. The van der Waals surface area contributed by atoms with E-state index in [0.29, 0.717) is 36.7 Å². The van der Waals surface area contributed by atoms with Crippen molar-refractivity contribution in [3.05, 3.63) is 64.7 Å². The number of carbonyl (C=O) groups excluding carboxylic acids is 1. The zero-order chi connectivity index (χ0) is 24.9. The first kappa shape index (κ1) is 25.0. The number of ketones is 1. The molecule has 4 nitrogen and oxygen atoms in total. The van der Waals surface area contributed by atoms with Gasteiger partial charge in [-0.25, -0.2) is 0 Å². The Hall–Kier alpha value is -2.66. The molecule has 36 heavy (non-hydrogen) atoms. The molecule has 0 bridgehead atoms. The maximum Gasteiger partial charge on any atom is 0.132 e. The first-order chi connectivity index (χ1) is 17.6. The Labute approximate surface area is 214 Å². The van der Waals surface area contributed by atoms with Gasteiger partial charge >= 0.3 is 0 Å². The molecule has 2 fully saturated rings. The van der Waals surface area contributed by atoms with Crippen LogP contribution in [0.15, 0.2) is 48.0 Å². The zero-order valence-corrected chi connectivity index (χ0v) is 21.2. The maximum atomic E-state index is 12.4. The van der Waals surface area contributed by atoms with E-state index >= 15 is 0 Å². The van der Waals surface area contributed by atoms with Gasteiger partial charge in [0.05, 0.1) is 6.67 Å². The van der Waals surface area contributed by atoms with Gasteiger partial charge < -0.3 is 9.84 Å². The number of carbonyl (C=O) groups is 1. The SMILES string of the molecule is O=C1CCC(C2=C(c3ccc(O[C@H]4CCN(CCCCF)C4)cc3)c3ccc(O)cc3CCC2)CC1. The Bertz CT molecular complexity index is 1080. The number of hydrogen-bond acceptors (Lipinski definition) is 4. The van der Waals surface area contributed by atoms with Crippen LogP contribution in [0.4, 0.5) is 4.39 Å². The fourth-order valence-corrected chi connectivity index (χ4v) is 6.25. The smallest absolute Gasteiger partial charge is 0.132 e. The van der Waals surface area contributed by atoms with Crippen molar-refractivity contribution >= 4 is 11.4 Å². The number of allylic oxidation sites excluding steroid dienone is 1. The van der Waals surface area contributed by atoms with Crippen molar-refractivity contribution in [1.29, 1.82) is 0 Å². The van der Waals surface area contributed by atoms with Crippen LogP contribution in [0.3, 0.4) is 0 Å². The summed E-state index contributed by atoms with van der Waals surface area (Å²) < 4.78 is 18.7. The number of hydrogen-bond donors (Lipinski definition) is 1. The number of halogens is 1. The lowest BCUT2D eigenvalue weighted by Gasteiger charge is -2.27. The molecule has 5 rings (SSSR count). The summed E-state index contributed by atoms with van der Waals surface area (Å²) in [6.45, 7) is 2.63. The number of aromatic hydroxyl groups is 1. The summed E-state index contributed by atoms with van der Waals surface area (Å²) in [5.74, 6) is 2.04. The molecule has 2 aromatic rings. The highest BCUT2D eigenvalue weighted by molar-refractivity contribution is 5.85. The second kappa shape index (κ2) is 11.6. The molecule has 0 amide bonds. The van der Waals surface area contributed by atoms with E-state index < -0.39 is 0 Å². The Balaban J connectivity index is 1.38. The topological polar surface area (TPSA) is 49.8 Å². The number of phenolic OH excluding ortho intramolecular Hbond substituents is 1. The summed E-state index contributed by atoms with van der Waals surface area (Å²) in [5, 5.41) is 10.1. The number of fused-ring (bicyclic) bond motifs is 1. The summed E-state index contributed by atoms with van der Waals surface area (Å²) in [6, 6.07) is 14.3. The molecule has 0 spiro atoms. The first-order valence-electron chi connectivity index (χ1n) is 13.7. The molecular formula is C31H38FNO3. The van der Waals surface area contributed by atoms with Crippen molar-refractivity contribution in [1.82, 2.24) is 4.90 Å². The van der Waals surface area contributed by atoms with Crippen molar-refractivity contribution in [2.45, 2.75) is 70.3 Å². The highest BCUT2D eigenvalue weighted by Gasteiger charge is 2.28. The monoisotopic (exact) mass is 491 g/mol. The molecule has 0 aromatic heterocycles. The normalized spacial score (nSPS) is 21.5. The van der Waals surface area contributed by atoms with Gasteiger partial charge in [0.15, 0.2) is 0 Å². The number of aryl methyl sites for hydroxylation is 1. The van der Waals surface area contributed by atoms with Gasteiger partial charge in [-0.3, -0.25) is 14.1 Å². The van der Waals surface area contributed by atoms with E-state index in [1.807, 2.05) is 6.07 Å². The molecule has 3 aliphatic rings. The minimum Gasteiger partial charge on any atom is -0.508 e. The lowest BCUT2D eigenvalue weighted by atomic mass is 9.77. The second-order valence-corrected chi connectivity index (χ2v) is 10.7. The first-order valence-corrected chi connectivity index (χ1v) is 13.7. The predicted octanol–water partition coefficient (Wildman–Crippen LogP) is 6.49. The summed E-state index contributed by atoms with van der Waals surface area (Å²) in [6.07, 6.45) is 9.02. The molecule has 1 atom stereocenters. The van der Waals surface area contributed by atoms with Crippen molar-refractivity contribution in [2.75, 3.05) is 26.3 Å². The van der Waals surface area contributed by atoms with Crippen LogP contribution >= 0.6 is 0 Å². The van der Waals surface area contributed by atoms with Crippen LogP contribution in [0.5, 0.6) is 11.5 Å². The zero-order valence-electron chi connectivity index (χ0n) is 21.2. The second-order valence-electron chi connectivity index (χ2n) is 10.7. The van der Waals surface area contributed by atoms with Crippen LogP contribution in [0.2, 0.25) is 0 Å².